The van der Waals surface area contributed by atoms with E-state index in [4.69, 9.17) is 4.74 Å². The fourth-order valence-electron chi connectivity index (χ4n) is 1.51. The average molecular weight is 215 g/mol. The summed E-state index contributed by atoms with van der Waals surface area (Å²) >= 11 is 0. The van der Waals surface area contributed by atoms with E-state index in [0.29, 0.717) is 12.5 Å². The summed E-state index contributed by atoms with van der Waals surface area (Å²) in [6.45, 7) is 9.67. The molecule has 0 aliphatic heterocycles. The van der Waals surface area contributed by atoms with E-state index in [1.165, 1.54) is 0 Å². The maximum Gasteiger partial charge on any atom is 0.323 e. The average Bonchev–Trinajstić information content (AvgIpc) is 2.16. The molecule has 0 aliphatic rings. The third-order valence-electron chi connectivity index (χ3n) is 2.54. The van der Waals surface area contributed by atoms with E-state index in [1.807, 2.05) is 20.9 Å². The van der Waals surface area contributed by atoms with E-state index in [0.717, 1.165) is 19.4 Å². The standard InChI is InChI=1S/C12H25NO2/c1-6-11(12(14)15-7-2)13(5)9-8-10(3)4/h10-11H,6-9H2,1-5H3. The van der Waals surface area contributed by atoms with Gasteiger partial charge in [0.25, 0.3) is 0 Å². The Hall–Kier alpha value is -0.570. The normalized spacial score (nSPS) is 13.3. The second kappa shape index (κ2) is 7.69. The van der Waals surface area contributed by atoms with Gasteiger partial charge in [0.2, 0.25) is 0 Å². The van der Waals surface area contributed by atoms with Crippen molar-refractivity contribution in [2.75, 3.05) is 20.2 Å². The molecule has 0 aromatic rings. The third kappa shape index (κ3) is 5.78. The highest BCUT2D eigenvalue weighted by Gasteiger charge is 2.22. The fraction of sp³-hybridized carbons (Fsp3) is 0.917. The largest absolute Gasteiger partial charge is 0.465 e. The quantitative estimate of drug-likeness (QED) is 0.610. The molecule has 0 spiro atoms. The number of hydrogen-bond acceptors (Lipinski definition) is 3. The molecular weight excluding hydrogens is 190 g/mol. The Balaban J connectivity index is 4.08. The molecule has 0 radical (unpaired) electrons. The number of carbonyl (C=O) groups is 1. The Morgan fingerprint density at radius 2 is 1.93 bits per heavy atom. The predicted octanol–water partition coefficient (Wildman–Crippen LogP) is 2.31. The van der Waals surface area contributed by atoms with Crippen molar-refractivity contribution in [1.29, 1.82) is 0 Å². The van der Waals surface area contributed by atoms with E-state index in [-0.39, 0.29) is 12.0 Å². The van der Waals surface area contributed by atoms with Crippen LogP contribution >= 0.6 is 0 Å². The van der Waals surface area contributed by atoms with Crippen LogP contribution in [0.3, 0.4) is 0 Å². The second-order valence-corrected chi connectivity index (χ2v) is 4.34. The zero-order valence-electron chi connectivity index (χ0n) is 10.7. The van der Waals surface area contributed by atoms with Crippen molar-refractivity contribution >= 4 is 5.97 Å². The highest BCUT2D eigenvalue weighted by molar-refractivity contribution is 5.75. The molecular formula is C12H25NO2. The number of ether oxygens (including phenoxy) is 1. The van der Waals surface area contributed by atoms with Crippen molar-refractivity contribution in [3.8, 4) is 0 Å². The Kier molecular flexibility index (Phi) is 7.39. The van der Waals surface area contributed by atoms with Crippen molar-refractivity contribution in [2.45, 2.75) is 46.6 Å². The highest BCUT2D eigenvalue weighted by Crippen LogP contribution is 2.08. The van der Waals surface area contributed by atoms with Gasteiger partial charge in [-0.1, -0.05) is 20.8 Å². The molecule has 3 heteroatoms. The van der Waals surface area contributed by atoms with Crippen molar-refractivity contribution in [2.24, 2.45) is 5.92 Å². The summed E-state index contributed by atoms with van der Waals surface area (Å²) in [5, 5.41) is 0. The van der Waals surface area contributed by atoms with Crippen molar-refractivity contribution in [1.82, 2.24) is 4.90 Å². The van der Waals surface area contributed by atoms with E-state index in [2.05, 4.69) is 18.7 Å². The first-order valence-electron chi connectivity index (χ1n) is 5.89. The summed E-state index contributed by atoms with van der Waals surface area (Å²) < 4.78 is 5.04. The van der Waals surface area contributed by atoms with E-state index >= 15 is 0 Å². The van der Waals surface area contributed by atoms with E-state index < -0.39 is 0 Å². The topological polar surface area (TPSA) is 29.5 Å². The van der Waals surface area contributed by atoms with Gasteiger partial charge in [0.15, 0.2) is 0 Å². The molecule has 0 rings (SSSR count). The molecule has 0 amide bonds. The Morgan fingerprint density at radius 3 is 2.33 bits per heavy atom. The summed E-state index contributed by atoms with van der Waals surface area (Å²) in [5.74, 6) is 0.582. The van der Waals surface area contributed by atoms with Gasteiger partial charge >= 0.3 is 5.97 Å². The number of rotatable bonds is 7. The second-order valence-electron chi connectivity index (χ2n) is 4.34. The van der Waals surface area contributed by atoms with Gasteiger partial charge < -0.3 is 4.74 Å². The van der Waals surface area contributed by atoms with Gasteiger partial charge in [-0.15, -0.1) is 0 Å². The molecule has 0 saturated heterocycles. The van der Waals surface area contributed by atoms with Crippen LogP contribution in [-0.4, -0.2) is 37.1 Å². The maximum atomic E-state index is 11.6. The molecule has 90 valence electrons. The minimum Gasteiger partial charge on any atom is -0.465 e. The van der Waals surface area contributed by atoms with Gasteiger partial charge in [-0.05, 0) is 39.3 Å². The van der Waals surface area contributed by atoms with Gasteiger partial charge in [0.1, 0.15) is 6.04 Å². The lowest BCUT2D eigenvalue weighted by atomic mass is 10.1. The lowest BCUT2D eigenvalue weighted by Crippen LogP contribution is -2.40. The van der Waals surface area contributed by atoms with Crippen LogP contribution in [0.25, 0.3) is 0 Å². The Labute approximate surface area is 93.8 Å². The molecule has 0 N–H and O–H groups in total. The van der Waals surface area contributed by atoms with E-state index in [9.17, 15) is 4.79 Å². The van der Waals surface area contributed by atoms with Gasteiger partial charge in [-0.2, -0.15) is 0 Å². The van der Waals surface area contributed by atoms with Crippen LogP contribution in [-0.2, 0) is 9.53 Å². The number of hydrogen-bond donors (Lipinski definition) is 0. The van der Waals surface area contributed by atoms with Crippen LogP contribution in [0, 0.1) is 5.92 Å². The molecule has 0 aromatic heterocycles. The van der Waals surface area contributed by atoms with Crippen LogP contribution < -0.4 is 0 Å². The molecule has 0 saturated carbocycles. The van der Waals surface area contributed by atoms with Crippen LogP contribution in [0.1, 0.15) is 40.5 Å². The third-order valence-corrected chi connectivity index (χ3v) is 2.54. The van der Waals surface area contributed by atoms with Gasteiger partial charge in [0, 0.05) is 0 Å². The Bertz CT molecular complexity index is 180. The first-order valence-corrected chi connectivity index (χ1v) is 5.89. The zero-order chi connectivity index (χ0) is 11.8. The first kappa shape index (κ1) is 14.4. The Morgan fingerprint density at radius 1 is 1.33 bits per heavy atom. The number of esters is 1. The maximum absolute atomic E-state index is 11.6. The molecule has 0 bridgehead atoms. The molecule has 0 aromatic carbocycles. The monoisotopic (exact) mass is 215 g/mol. The van der Waals surface area contributed by atoms with Crippen molar-refractivity contribution < 1.29 is 9.53 Å². The molecule has 0 aliphatic carbocycles. The zero-order valence-corrected chi connectivity index (χ0v) is 10.7. The summed E-state index contributed by atoms with van der Waals surface area (Å²) in [6, 6.07) is -0.0799. The SMILES string of the molecule is CCOC(=O)C(CC)N(C)CCC(C)C. The molecule has 1 unspecified atom stereocenters. The van der Waals surface area contributed by atoms with E-state index in [1.54, 1.807) is 0 Å². The lowest BCUT2D eigenvalue weighted by Gasteiger charge is -2.25. The van der Waals surface area contributed by atoms with Gasteiger partial charge in [-0.25, -0.2) is 0 Å². The van der Waals surface area contributed by atoms with Crippen LogP contribution in [0.15, 0.2) is 0 Å². The van der Waals surface area contributed by atoms with Crippen LogP contribution in [0.4, 0.5) is 0 Å². The molecule has 1 atom stereocenters. The minimum atomic E-state index is -0.0914. The molecule has 3 nitrogen and oxygen atoms in total. The van der Waals surface area contributed by atoms with Crippen LogP contribution in [0.5, 0.6) is 0 Å². The fourth-order valence-corrected chi connectivity index (χ4v) is 1.51. The summed E-state index contributed by atoms with van der Waals surface area (Å²) in [6.07, 6.45) is 1.93. The number of nitrogens with zero attached hydrogens (tertiary/aromatic N) is 1. The van der Waals surface area contributed by atoms with Crippen molar-refractivity contribution in [3.05, 3.63) is 0 Å². The minimum absolute atomic E-state index is 0.0799. The molecule has 15 heavy (non-hydrogen) atoms. The molecule has 0 heterocycles. The number of carbonyl (C=O) groups excluding carboxylic acids is 1. The summed E-state index contributed by atoms with van der Waals surface area (Å²) in [7, 11) is 1.99. The lowest BCUT2D eigenvalue weighted by molar-refractivity contribution is -0.149. The van der Waals surface area contributed by atoms with Gasteiger partial charge in [-0.3, -0.25) is 9.69 Å². The highest BCUT2D eigenvalue weighted by atomic mass is 16.5. The summed E-state index contributed by atoms with van der Waals surface area (Å²) in [5.41, 5.74) is 0. The van der Waals surface area contributed by atoms with Gasteiger partial charge in [0.05, 0.1) is 6.61 Å². The molecule has 0 fully saturated rings. The van der Waals surface area contributed by atoms with Crippen molar-refractivity contribution in [3.63, 3.8) is 0 Å². The summed E-state index contributed by atoms with van der Waals surface area (Å²) in [4.78, 5) is 13.7. The number of likely N-dealkylation sites (N-methyl/N-ethyl adjacent to an activating group) is 1. The first-order chi connectivity index (χ1) is 7.02. The van der Waals surface area contributed by atoms with Crippen LogP contribution in [0.2, 0.25) is 0 Å². The predicted molar refractivity (Wildman–Crippen MR) is 62.8 cm³/mol. The smallest absolute Gasteiger partial charge is 0.323 e.